The molecule has 3 aromatic rings. The van der Waals surface area contributed by atoms with Crippen molar-refractivity contribution in [1.29, 1.82) is 0 Å². The van der Waals surface area contributed by atoms with Gasteiger partial charge in [-0.2, -0.15) is 0 Å². The lowest BCUT2D eigenvalue weighted by molar-refractivity contribution is 0.300. The molecule has 33 heavy (non-hydrogen) atoms. The molecule has 0 saturated heterocycles. The average molecular weight is 466 g/mol. The Morgan fingerprint density at radius 1 is 1.00 bits per heavy atom. The molecule has 2 heterocycles. The lowest BCUT2D eigenvalue weighted by Crippen LogP contribution is -2.27. The molecule has 1 fully saturated rings. The Morgan fingerprint density at radius 3 is 2.45 bits per heavy atom. The van der Waals surface area contributed by atoms with Gasteiger partial charge in [-0.15, -0.1) is 0 Å². The molecule has 0 spiro atoms. The number of aryl methyl sites for hydroxylation is 2. The predicted molar refractivity (Wildman–Crippen MR) is 133 cm³/mol. The summed E-state index contributed by atoms with van der Waals surface area (Å²) in [6, 6.07) is 16.3. The number of hydrogen-bond donors (Lipinski definition) is 1. The summed E-state index contributed by atoms with van der Waals surface area (Å²) < 4.78 is 7.41. The number of aromatic nitrogens is 2. The van der Waals surface area contributed by atoms with Crippen LogP contribution in [0.2, 0.25) is 5.02 Å². The molecule has 0 atom stereocenters. The number of nitrogens with zero attached hydrogens (tertiary/aromatic N) is 2. The van der Waals surface area contributed by atoms with E-state index in [0.717, 1.165) is 18.7 Å². The molecule has 0 radical (unpaired) electrons. The molecule has 0 bridgehead atoms. The zero-order valence-electron chi connectivity index (χ0n) is 19.0. The van der Waals surface area contributed by atoms with Gasteiger partial charge >= 0.3 is 0 Å². The SMILES string of the molecule is O=c1cc(OCc2ccc(Cl)cn2)ccn1CCc1ccc(CNC2CCCCCC2)cc1. The van der Waals surface area contributed by atoms with E-state index in [1.165, 1.54) is 55.7 Å². The van der Waals surface area contributed by atoms with E-state index in [1.807, 2.05) is 12.1 Å². The van der Waals surface area contributed by atoms with E-state index in [1.54, 1.807) is 23.0 Å². The van der Waals surface area contributed by atoms with Crippen molar-refractivity contribution in [1.82, 2.24) is 14.9 Å². The monoisotopic (exact) mass is 465 g/mol. The molecule has 6 heteroatoms. The van der Waals surface area contributed by atoms with Gasteiger partial charge in [-0.25, -0.2) is 0 Å². The molecular weight excluding hydrogens is 434 g/mol. The van der Waals surface area contributed by atoms with Crippen molar-refractivity contribution in [3.63, 3.8) is 0 Å². The fourth-order valence-electron chi connectivity index (χ4n) is 4.23. The second-order valence-corrected chi connectivity index (χ2v) is 9.22. The molecule has 1 aliphatic rings. The van der Waals surface area contributed by atoms with Gasteiger partial charge in [0.1, 0.15) is 12.4 Å². The van der Waals surface area contributed by atoms with Gasteiger partial charge in [-0.05, 0) is 48.6 Å². The molecular formula is C27H32ClN3O2. The highest BCUT2D eigenvalue weighted by Crippen LogP contribution is 2.18. The van der Waals surface area contributed by atoms with Gasteiger partial charge in [0.15, 0.2) is 0 Å². The minimum Gasteiger partial charge on any atom is -0.487 e. The van der Waals surface area contributed by atoms with Gasteiger partial charge in [-0.3, -0.25) is 9.78 Å². The van der Waals surface area contributed by atoms with Crippen molar-refractivity contribution in [2.24, 2.45) is 0 Å². The van der Waals surface area contributed by atoms with Crippen LogP contribution in [0.4, 0.5) is 0 Å². The summed E-state index contributed by atoms with van der Waals surface area (Å²) in [5.74, 6) is 0.540. The van der Waals surface area contributed by atoms with E-state index in [0.29, 0.717) is 30.0 Å². The third kappa shape index (κ3) is 7.44. The molecule has 4 rings (SSSR count). The van der Waals surface area contributed by atoms with Crippen LogP contribution in [-0.2, 0) is 26.1 Å². The Kier molecular flexibility index (Phi) is 8.56. The molecule has 0 amide bonds. The minimum absolute atomic E-state index is 0.0687. The zero-order chi connectivity index (χ0) is 22.9. The van der Waals surface area contributed by atoms with E-state index >= 15 is 0 Å². The van der Waals surface area contributed by atoms with Crippen LogP contribution in [0.5, 0.6) is 5.75 Å². The van der Waals surface area contributed by atoms with Gasteiger partial charge in [0, 0.05) is 37.6 Å². The Hall–Kier alpha value is -2.63. The number of ether oxygens (including phenoxy) is 1. The molecule has 1 N–H and O–H groups in total. The normalized spacial score (nSPS) is 14.7. The third-order valence-corrected chi connectivity index (χ3v) is 6.48. The predicted octanol–water partition coefficient (Wildman–Crippen LogP) is 5.53. The topological polar surface area (TPSA) is 56.1 Å². The van der Waals surface area contributed by atoms with Crippen molar-refractivity contribution in [3.05, 3.63) is 93.1 Å². The summed E-state index contributed by atoms with van der Waals surface area (Å²) in [7, 11) is 0. The molecule has 0 unspecified atom stereocenters. The maximum absolute atomic E-state index is 12.5. The third-order valence-electron chi connectivity index (χ3n) is 6.26. The first kappa shape index (κ1) is 23.5. The van der Waals surface area contributed by atoms with Gasteiger partial charge in [0.05, 0.1) is 10.7 Å². The van der Waals surface area contributed by atoms with Crippen LogP contribution < -0.4 is 15.6 Å². The quantitative estimate of drug-likeness (QED) is 0.422. The minimum atomic E-state index is -0.0687. The molecule has 0 aliphatic heterocycles. The smallest absolute Gasteiger partial charge is 0.254 e. The number of nitrogens with one attached hydrogen (secondary N) is 1. The number of halogens is 1. The van der Waals surface area contributed by atoms with Crippen molar-refractivity contribution in [3.8, 4) is 5.75 Å². The molecule has 1 aliphatic carbocycles. The summed E-state index contributed by atoms with van der Waals surface area (Å²) in [6.45, 7) is 1.86. The molecule has 174 valence electrons. The number of pyridine rings is 2. The Bertz CT molecular complexity index is 1060. The second kappa shape index (κ2) is 12.0. The molecule has 5 nitrogen and oxygen atoms in total. The molecule has 2 aromatic heterocycles. The van der Waals surface area contributed by atoms with Crippen LogP contribution in [0, 0.1) is 0 Å². The summed E-state index contributed by atoms with van der Waals surface area (Å²) >= 11 is 5.85. The molecule has 1 aromatic carbocycles. The fraction of sp³-hybridized carbons (Fsp3) is 0.407. The highest BCUT2D eigenvalue weighted by atomic mass is 35.5. The van der Waals surface area contributed by atoms with E-state index in [2.05, 4.69) is 34.6 Å². The summed E-state index contributed by atoms with van der Waals surface area (Å²) in [5, 5.41) is 4.31. The lowest BCUT2D eigenvalue weighted by atomic mass is 10.1. The van der Waals surface area contributed by atoms with Crippen molar-refractivity contribution in [2.75, 3.05) is 0 Å². The molecule has 1 saturated carbocycles. The van der Waals surface area contributed by atoms with Gasteiger partial charge in [0.2, 0.25) is 0 Å². The summed E-state index contributed by atoms with van der Waals surface area (Å²) in [5.41, 5.74) is 3.24. The van der Waals surface area contributed by atoms with Gasteiger partial charge < -0.3 is 14.6 Å². The average Bonchev–Trinajstić information content (AvgIpc) is 3.11. The largest absolute Gasteiger partial charge is 0.487 e. The van der Waals surface area contributed by atoms with Crippen molar-refractivity contribution >= 4 is 11.6 Å². The standard InChI is InChI=1S/C27H32ClN3O2/c28-23-11-12-25(30-19-23)20-33-26-14-16-31(27(32)17-26)15-13-21-7-9-22(10-8-21)18-29-24-5-3-1-2-4-6-24/h7-12,14,16-17,19,24,29H,1-6,13,15,18,20H2. The first-order valence-electron chi connectivity index (χ1n) is 11.9. The van der Waals surface area contributed by atoms with E-state index < -0.39 is 0 Å². The first-order chi connectivity index (χ1) is 16.2. The van der Waals surface area contributed by atoms with Gasteiger partial charge in [-0.1, -0.05) is 61.5 Å². The van der Waals surface area contributed by atoms with Crippen molar-refractivity contribution < 1.29 is 4.74 Å². The summed E-state index contributed by atoms with van der Waals surface area (Å²) in [6.07, 6.45) is 12.2. The number of benzene rings is 1. The highest BCUT2D eigenvalue weighted by Gasteiger charge is 2.11. The van der Waals surface area contributed by atoms with Crippen LogP contribution >= 0.6 is 11.6 Å². The van der Waals surface area contributed by atoms with E-state index in [9.17, 15) is 4.79 Å². The Balaban J connectivity index is 1.24. The summed E-state index contributed by atoms with van der Waals surface area (Å²) in [4.78, 5) is 16.7. The maximum Gasteiger partial charge on any atom is 0.254 e. The number of hydrogen-bond acceptors (Lipinski definition) is 4. The van der Waals surface area contributed by atoms with Crippen LogP contribution in [-0.4, -0.2) is 15.6 Å². The Morgan fingerprint density at radius 2 is 1.76 bits per heavy atom. The van der Waals surface area contributed by atoms with Gasteiger partial charge in [0.25, 0.3) is 5.56 Å². The van der Waals surface area contributed by atoms with Crippen LogP contribution in [0.15, 0.2) is 65.7 Å². The number of rotatable bonds is 9. The highest BCUT2D eigenvalue weighted by molar-refractivity contribution is 6.30. The van der Waals surface area contributed by atoms with Crippen LogP contribution in [0.25, 0.3) is 0 Å². The van der Waals surface area contributed by atoms with Crippen LogP contribution in [0.3, 0.4) is 0 Å². The zero-order valence-corrected chi connectivity index (χ0v) is 19.8. The van der Waals surface area contributed by atoms with Crippen LogP contribution in [0.1, 0.15) is 55.3 Å². The first-order valence-corrected chi connectivity index (χ1v) is 12.3. The van der Waals surface area contributed by atoms with E-state index in [4.69, 9.17) is 16.3 Å². The second-order valence-electron chi connectivity index (χ2n) is 8.79. The van der Waals surface area contributed by atoms with E-state index in [-0.39, 0.29) is 5.56 Å². The van der Waals surface area contributed by atoms with Crippen molar-refractivity contribution in [2.45, 2.75) is 70.7 Å². The maximum atomic E-state index is 12.5. The fourth-order valence-corrected chi connectivity index (χ4v) is 4.34. The lowest BCUT2D eigenvalue weighted by Gasteiger charge is -2.16. The Labute approximate surface area is 200 Å².